The molecule has 1 atom stereocenters. The van der Waals surface area contributed by atoms with Gasteiger partial charge in [-0.25, -0.2) is 0 Å². The highest BCUT2D eigenvalue weighted by Crippen LogP contribution is 2.26. The van der Waals surface area contributed by atoms with Crippen LogP contribution in [0.25, 0.3) is 0 Å². The first-order valence-electron chi connectivity index (χ1n) is 6.85. The second kappa shape index (κ2) is 6.06. The van der Waals surface area contributed by atoms with Crippen molar-refractivity contribution in [3.8, 4) is 0 Å². The highest BCUT2D eigenvalue weighted by Gasteiger charge is 2.18. The Labute approximate surface area is 114 Å². The predicted molar refractivity (Wildman–Crippen MR) is 77.2 cm³/mol. The number of hydrogen-bond acceptors (Lipinski definition) is 3. The van der Waals surface area contributed by atoms with Crippen molar-refractivity contribution in [2.45, 2.75) is 45.6 Å². The zero-order valence-electron chi connectivity index (χ0n) is 11.7. The van der Waals surface area contributed by atoms with Crippen LogP contribution >= 0.6 is 0 Å². The molecule has 3 N–H and O–H groups in total. The molecule has 0 aromatic heterocycles. The Bertz CT molecular complexity index is 465. The van der Waals surface area contributed by atoms with E-state index in [1.807, 2.05) is 26.0 Å². The first-order valence-corrected chi connectivity index (χ1v) is 6.85. The van der Waals surface area contributed by atoms with E-state index in [0.29, 0.717) is 12.1 Å². The molecule has 4 heteroatoms. The summed E-state index contributed by atoms with van der Waals surface area (Å²) in [4.78, 5) is 12.1. The molecule has 1 aliphatic heterocycles. The van der Waals surface area contributed by atoms with E-state index in [-0.39, 0.29) is 12.0 Å². The third kappa shape index (κ3) is 3.47. The number of amides is 1. The van der Waals surface area contributed by atoms with E-state index in [9.17, 15) is 4.79 Å². The first kappa shape index (κ1) is 13.9. The number of aryl methyl sites for hydroxylation is 1. The molecule has 104 valence electrons. The van der Waals surface area contributed by atoms with E-state index in [0.717, 1.165) is 42.7 Å². The molecule has 1 saturated heterocycles. The van der Waals surface area contributed by atoms with E-state index in [1.54, 1.807) is 0 Å². The van der Waals surface area contributed by atoms with Gasteiger partial charge in [-0.2, -0.15) is 0 Å². The van der Waals surface area contributed by atoms with Crippen molar-refractivity contribution in [1.82, 2.24) is 0 Å². The van der Waals surface area contributed by atoms with E-state index in [1.165, 1.54) is 0 Å². The minimum atomic E-state index is 0.00343. The fraction of sp³-hybridized carbons (Fsp3) is 0.533. The van der Waals surface area contributed by atoms with Gasteiger partial charge in [-0.15, -0.1) is 0 Å². The Balaban J connectivity index is 2.00. The maximum absolute atomic E-state index is 12.1. The minimum Gasteiger partial charge on any atom is -0.398 e. The number of ether oxygens (including phenoxy) is 1. The molecule has 2 rings (SSSR count). The summed E-state index contributed by atoms with van der Waals surface area (Å²) in [7, 11) is 0. The summed E-state index contributed by atoms with van der Waals surface area (Å²) in [6.07, 6.45) is 3.71. The highest BCUT2D eigenvalue weighted by atomic mass is 16.5. The smallest absolute Gasteiger partial charge is 0.227 e. The zero-order valence-corrected chi connectivity index (χ0v) is 11.7. The van der Waals surface area contributed by atoms with E-state index in [4.69, 9.17) is 10.5 Å². The lowest BCUT2D eigenvalue weighted by Crippen LogP contribution is -2.26. The van der Waals surface area contributed by atoms with Crippen LogP contribution in [0.5, 0.6) is 0 Å². The number of carbonyl (C=O) groups is 1. The van der Waals surface area contributed by atoms with E-state index < -0.39 is 0 Å². The van der Waals surface area contributed by atoms with Gasteiger partial charge >= 0.3 is 0 Å². The summed E-state index contributed by atoms with van der Waals surface area (Å²) in [6, 6.07) is 3.79. The van der Waals surface area contributed by atoms with Gasteiger partial charge in [-0.3, -0.25) is 4.79 Å². The fourth-order valence-corrected chi connectivity index (χ4v) is 2.42. The molecular formula is C15H22N2O2. The van der Waals surface area contributed by atoms with Gasteiger partial charge in [-0.05, 0) is 50.3 Å². The summed E-state index contributed by atoms with van der Waals surface area (Å²) in [5.41, 5.74) is 9.37. The average Bonchev–Trinajstić information content (AvgIpc) is 2.40. The van der Waals surface area contributed by atoms with Crippen LogP contribution in [-0.2, 0) is 9.53 Å². The van der Waals surface area contributed by atoms with Crippen molar-refractivity contribution in [3.63, 3.8) is 0 Å². The van der Waals surface area contributed by atoms with Crippen molar-refractivity contribution in [2.24, 2.45) is 0 Å². The molecule has 19 heavy (non-hydrogen) atoms. The molecule has 4 nitrogen and oxygen atoms in total. The summed E-state index contributed by atoms with van der Waals surface area (Å²) < 4.78 is 5.58. The highest BCUT2D eigenvalue weighted by molar-refractivity contribution is 5.93. The minimum absolute atomic E-state index is 0.00343. The lowest BCUT2D eigenvalue weighted by Gasteiger charge is -2.22. The molecule has 0 saturated carbocycles. The topological polar surface area (TPSA) is 64.3 Å². The summed E-state index contributed by atoms with van der Waals surface area (Å²) in [5.74, 6) is 0.00343. The van der Waals surface area contributed by atoms with Crippen molar-refractivity contribution < 1.29 is 9.53 Å². The fourth-order valence-electron chi connectivity index (χ4n) is 2.42. The maximum atomic E-state index is 12.1. The van der Waals surface area contributed by atoms with Crippen LogP contribution < -0.4 is 11.1 Å². The van der Waals surface area contributed by atoms with E-state index >= 15 is 0 Å². The molecule has 1 aromatic rings. The molecule has 0 radical (unpaired) electrons. The molecule has 1 aromatic carbocycles. The van der Waals surface area contributed by atoms with E-state index in [2.05, 4.69) is 5.32 Å². The molecule has 0 aliphatic carbocycles. The SMILES string of the molecule is Cc1ccc(N)c(C)c1NC(=O)CC1CCCCO1. The molecule has 0 bridgehead atoms. The average molecular weight is 262 g/mol. The third-order valence-electron chi connectivity index (χ3n) is 3.67. The lowest BCUT2D eigenvalue weighted by molar-refractivity contribution is -0.119. The summed E-state index contributed by atoms with van der Waals surface area (Å²) in [5, 5.41) is 2.97. The Hall–Kier alpha value is -1.55. The number of nitrogen functional groups attached to an aromatic ring is 1. The lowest BCUT2D eigenvalue weighted by atomic mass is 10.0. The number of hydrogen-bond donors (Lipinski definition) is 2. The molecule has 1 amide bonds. The molecule has 1 fully saturated rings. The molecule has 1 heterocycles. The van der Waals surface area contributed by atoms with Gasteiger partial charge in [-0.1, -0.05) is 6.07 Å². The first-order chi connectivity index (χ1) is 9.08. The van der Waals surface area contributed by atoms with Crippen LogP contribution in [-0.4, -0.2) is 18.6 Å². The number of nitrogens with one attached hydrogen (secondary N) is 1. The van der Waals surface area contributed by atoms with Crippen molar-refractivity contribution in [1.29, 1.82) is 0 Å². The van der Waals surface area contributed by atoms with Gasteiger partial charge in [0.05, 0.1) is 12.5 Å². The largest absolute Gasteiger partial charge is 0.398 e. The van der Waals surface area contributed by atoms with Crippen LogP contribution in [0.4, 0.5) is 11.4 Å². The number of nitrogens with two attached hydrogens (primary N) is 1. The van der Waals surface area contributed by atoms with Crippen molar-refractivity contribution in [2.75, 3.05) is 17.7 Å². The van der Waals surface area contributed by atoms with Gasteiger partial charge in [0.15, 0.2) is 0 Å². The summed E-state index contributed by atoms with van der Waals surface area (Å²) >= 11 is 0. The molecular weight excluding hydrogens is 240 g/mol. The van der Waals surface area contributed by atoms with Crippen LogP contribution in [0, 0.1) is 13.8 Å². The Morgan fingerprint density at radius 2 is 2.21 bits per heavy atom. The van der Waals surface area contributed by atoms with Gasteiger partial charge in [0.1, 0.15) is 0 Å². The van der Waals surface area contributed by atoms with Gasteiger partial charge in [0.2, 0.25) is 5.91 Å². The third-order valence-corrected chi connectivity index (χ3v) is 3.67. The Morgan fingerprint density at radius 3 is 2.89 bits per heavy atom. The van der Waals surface area contributed by atoms with Crippen LogP contribution in [0.15, 0.2) is 12.1 Å². The zero-order chi connectivity index (χ0) is 13.8. The quantitative estimate of drug-likeness (QED) is 0.823. The predicted octanol–water partition coefficient (Wildman–Crippen LogP) is 2.78. The number of rotatable bonds is 3. The van der Waals surface area contributed by atoms with Crippen molar-refractivity contribution in [3.05, 3.63) is 23.3 Å². The number of benzene rings is 1. The van der Waals surface area contributed by atoms with Crippen LogP contribution in [0.1, 0.15) is 36.8 Å². The Morgan fingerprint density at radius 1 is 1.42 bits per heavy atom. The number of carbonyl (C=O) groups excluding carboxylic acids is 1. The molecule has 1 unspecified atom stereocenters. The monoisotopic (exact) mass is 262 g/mol. The summed E-state index contributed by atoms with van der Waals surface area (Å²) in [6.45, 7) is 4.67. The molecule has 0 spiro atoms. The van der Waals surface area contributed by atoms with Crippen LogP contribution in [0.2, 0.25) is 0 Å². The van der Waals surface area contributed by atoms with Gasteiger partial charge in [0.25, 0.3) is 0 Å². The van der Waals surface area contributed by atoms with Gasteiger partial charge in [0, 0.05) is 18.0 Å². The second-order valence-electron chi connectivity index (χ2n) is 5.21. The van der Waals surface area contributed by atoms with Gasteiger partial charge < -0.3 is 15.8 Å². The standard InChI is InChI=1S/C15H22N2O2/c1-10-6-7-13(16)11(2)15(10)17-14(18)9-12-5-3-4-8-19-12/h6-7,12H,3-5,8-9,16H2,1-2H3,(H,17,18). The van der Waals surface area contributed by atoms with Crippen LogP contribution in [0.3, 0.4) is 0 Å². The normalized spacial score (nSPS) is 19.2. The second-order valence-corrected chi connectivity index (χ2v) is 5.21. The Kier molecular flexibility index (Phi) is 4.43. The molecule has 1 aliphatic rings. The number of anilines is 2. The maximum Gasteiger partial charge on any atom is 0.227 e. The van der Waals surface area contributed by atoms with Crippen molar-refractivity contribution >= 4 is 17.3 Å².